The van der Waals surface area contributed by atoms with Crippen molar-refractivity contribution in [2.75, 3.05) is 5.73 Å². The van der Waals surface area contributed by atoms with E-state index in [2.05, 4.69) is 69.0 Å². The van der Waals surface area contributed by atoms with Crippen molar-refractivity contribution in [2.45, 2.75) is 36.0 Å². The van der Waals surface area contributed by atoms with Gasteiger partial charge in [-0.3, -0.25) is 13.7 Å². The van der Waals surface area contributed by atoms with Gasteiger partial charge >= 0.3 is 0 Å². The highest BCUT2D eigenvalue weighted by atomic mass is 32.2. The van der Waals surface area contributed by atoms with E-state index in [1.807, 2.05) is 0 Å². The van der Waals surface area contributed by atoms with Crippen molar-refractivity contribution in [3.05, 3.63) is 108 Å². The summed E-state index contributed by atoms with van der Waals surface area (Å²) in [5.74, 6) is -2.32. The Morgan fingerprint density at radius 3 is 1.51 bits per heavy atom. The maximum absolute atomic E-state index is 12.9. The van der Waals surface area contributed by atoms with Crippen LogP contribution in [0.4, 0.5) is 56.9 Å². The Balaban J connectivity index is 1.18. The molecule has 0 radical (unpaired) electrons. The molecule has 0 fully saturated rings. The number of quaternary nitrogens is 1. The van der Waals surface area contributed by atoms with Gasteiger partial charge in [-0.1, -0.05) is 21.2 Å². The number of aromatic hydroxyl groups is 3. The van der Waals surface area contributed by atoms with Crippen molar-refractivity contribution in [3.8, 4) is 17.2 Å². The number of nitrogens with two attached hydrogens (primary N) is 1. The lowest BCUT2D eigenvalue weighted by molar-refractivity contribution is -0.991. The Morgan fingerprint density at radius 2 is 0.952 bits per heavy atom. The molecular weight excluding hydrogens is 1230 g/mol. The number of hydrogen-bond donors (Lipinski definition) is 13. The molecule has 8 aromatic rings. The van der Waals surface area contributed by atoms with Gasteiger partial charge in [-0.05, 0) is 101 Å². The normalized spacial score (nSPS) is 13.1. The number of hydrogen-bond acceptors (Lipinski definition) is 33. The molecule has 0 bridgehead atoms. The van der Waals surface area contributed by atoms with Crippen molar-refractivity contribution in [1.82, 2.24) is 0 Å². The van der Waals surface area contributed by atoms with Gasteiger partial charge in [0, 0.05) is 22.9 Å². The van der Waals surface area contributed by atoms with Gasteiger partial charge in [0.2, 0.25) is 0 Å². The molecule has 0 aliphatic heterocycles. The van der Waals surface area contributed by atoms with E-state index < -0.39 is 103 Å². The van der Waals surface area contributed by atoms with Crippen LogP contribution in [0.15, 0.2) is 167 Å². The van der Waals surface area contributed by atoms with Crippen LogP contribution < -0.4 is 11.0 Å². The van der Waals surface area contributed by atoms with Gasteiger partial charge in [0.15, 0.2) is 22.9 Å². The molecule has 1 atom stereocenters. The number of nitrogen functional groups attached to an aromatic ring is 1. The smallest absolute Gasteiger partial charge is 0.296 e. The highest BCUT2D eigenvalue weighted by Gasteiger charge is 2.27. The van der Waals surface area contributed by atoms with Gasteiger partial charge in [0.1, 0.15) is 48.8 Å². The van der Waals surface area contributed by atoms with E-state index in [1.54, 1.807) is 0 Å². The lowest BCUT2D eigenvalue weighted by atomic mass is 10.0. The van der Waals surface area contributed by atoms with Crippen LogP contribution in [0.5, 0.6) is 17.2 Å². The molecule has 83 heavy (non-hydrogen) atoms. The summed E-state index contributed by atoms with van der Waals surface area (Å²) in [5, 5.41) is 132. The Hall–Kier alpha value is -7.60. The molecule has 0 saturated heterocycles. The molecule has 0 aromatic heterocycles. The van der Waals surface area contributed by atoms with Crippen LogP contribution in [0.2, 0.25) is 0 Å². The zero-order chi connectivity index (χ0) is 60.1. The Kier molecular flexibility index (Phi) is 18.9. The fourth-order valence-electron chi connectivity index (χ4n) is 7.55. The second-order valence-electron chi connectivity index (χ2n) is 16.1. The molecule has 0 saturated carbocycles. The van der Waals surface area contributed by atoms with E-state index in [9.17, 15) is 69.8 Å². The van der Waals surface area contributed by atoms with Gasteiger partial charge in [-0.25, -0.2) is 21.0 Å². The Morgan fingerprint density at radius 1 is 0.494 bits per heavy atom. The summed E-state index contributed by atoms with van der Waals surface area (Å²) in [6.07, 6.45) is 0. The minimum Gasteiger partial charge on any atom is -0.595 e. The largest absolute Gasteiger partial charge is 0.595 e. The van der Waals surface area contributed by atoms with E-state index in [-0.39, 0.29) is 105 Å². The molecule has 8 aromatic carbocycles. The highest BCUT2D eigenvalue weighted by Crippen LogP contribution is 2.51. The third-order valence-corrected chi connectivity index (χ3v) is 15.6. The number of aliphatic hydroxyl groups is 1. The first-order valence-corrected chi connectivity index (χ1v) is 28.3. The predicted octanol–water partition coefficient (Wildman–Crippen LogP) is 10.4. The number of nitrogens with zero attached hydrogens (tertiary/aromatic N) is 8. The second kappa shape index (κ2) is 25.5. The average Bonchev–Trinajstić information content (AvgIpc) is 2.16. The summed E-state index contributed by atoms with van der Waals surface area (Å²) in [6.45, 7) is -0.584. The van der Waals surface area contributed by atoms with Gasteiger partial charge in [-0.2, -0.15) is 40.7 Å². The number of rotatable bonds is 22. The molecule has 0 amide bonds. The number of fused-ring (bicyclic) bond motifs is 3. The quantitative estimate of drug-likeness (QED) is 0.00748. The van der Waals surface area contributed by atoms with Crippen LogP contribution >= 0.6 is 36.1 Å². The first-order chi connectivity index (χ1) is 39.4. The maximum Gasteiger partial charge on any atom is 0.296 e. The van der Waals surface area contributed by atoms with Gasteiger partial charge in [0.05, 0.1) is 79.9 Å². The van der Waals surface area contributed by atoms with Crippen molar-refractivity contribution in [3.63, 3.8) is 0 Å². The molecule has 34 nitrogen and oxygen atoms in total. The minimum atomic E-state index is -5.27. The lowest BCUT2D eigenvalue weighted by Crippen LogP contribution is -2.99. The van der Waals surface area contributed by atoms with Crippen molar-refractivity contribution < 1.29 is 114 Å². The fourth-order valence-corrected chi connectivity index (χ4v) is 11.0. The van der Waals surface area contributed by atoms with Gasteiger partial charge in [0.25, 0.3) is 30.4 Å². The molecule has 0 spiro atoms. The van der Waals surface area contributed by atoms with Gasteiger partial charge in [-0.15, -0.1) is 43.7 Å². The summed E-state index contributed by atoms with van der Waals surface area (Å²) in [7, 11) is -15.4. The number of phenolic OH excluding ortho intramolecular Hbond substituents is 3. The maximum atomic E-state index is 12.9. The molecule has 0 heterocycles. The van der Waals surface area contributed by atoms with Crippen molar-refractivity contribution in [2.24, 2.45) is 40.9 Å². The Bertz CT molecular complexity index is 4370. The zero-order valence-corrected chi connectivity index (χ0v) is 45.2. The standard InChI is InChI=1S/C43H32N10O24S6/c44-36-35-21(15-33(82(66,67)68)39(36)51-46-23-3-6-26-20(11-23)14-34(83(69,70)71)40(42(26)56)52-47-27-8-4-24(53(58)59)16-29(27)78-75-72-60)13-31(80-77-74-62)38(43(35)57)49-45-22-2-5-25-19(10-22)12-30(79-76-73-61)37(41(25)55)50-48-28-7-1-18(17-54)9-32(28)81(63,64)65/h1-16,53-58,60-62H,17,44H2,(H,63,64,65)(H,66,67,68)(H,69,70,71). The Labute approximate surface area is 474 Å². The molecule has 14 N–H and O–H groups in total. The van der Waals surface area contributed by atoms with Crippen LogP contribution in [-0.2, 0) is 65.1 Å². The summed E-state index contributed by atoms with van der Waals surface area (Å²) in [5.41, 5.74) is 2.37. The molecule has 40 heteroatoms. The number of azo groups is 4. The van der Waals surface area contributed by atoms with Crippen LogP contribution in [0.1, 0.15) is 5.56 Å². The monoisotopic (exact) mass is 1260 g/mol. The first-order valence-electron chi connectivity index (χ1n) is 21.7. The third kappa shape index (κ3) is 13.8. The van der Waals surface area contributed by atoms with Crippen molar-refractivity contribution in [1.29, 1.82) is 0 Å². The molecular formula is C43H32N10O24S6. The van der Waals surface area contributed by atoms with Crippen LogP contribution in [-0.4, -0.2) is 80.3 Å². The summed E-state index contributed by atoms with van der Waals surface area (Å²) in [4.78, 5) is -3.21. The van der Waals surface area contributed by atoms with Crippen molar-refractivity contribution >= 4 is 156 Å². The third-order valence-electron chi connectivity index (χ3n) is 11.1. The topological polar surface area (TPSA) is 533 Å². The van der Waals surface area contributed by atoms with E-state index in [4.69, 9.17) is 21.5 Å². The zero-order valence-electron chi connectivity index (χ0n) is 40.3. The van der Waals surface area contributed by atoms with Crippen LogP contribution in [0.25, 0.3) is 32.3 Å². The number of benzene rings is 8. The average molecular weight is 1270 g/mol. The fraction of sp³-hybridized carbons (Fsp3) is 0.0233. The number of anilines is 1. The van der Waals surface area contributed by atoms with Crippen LogP contribution in [0.3, 0.4) is 0 Å². The predicted molar refractivity (Wildman–Crippen MR) is 284 cm³/mol. The molecule has 0 aliphatic rings. The second-order valence-corrected chi connectivity index (χ2v) is 22.5. The van der Waals surface area contributed by atoms with E-state index in [0.717, 1.165) is 54.6 Å². The lowest BCUT2D eigenvalue weighted by Gasteiger charge is -2.14. The SMILES string of the molecule is Nc1c(N=Nc2ccc3c(O)c(N=Nc4ccc([NH+]([O-])O)cc4SOOO)c(S(=O)(=O)O)cc3c2)c(S(=O)(=O)O)cc2cc(SOOO)c(N=Nc3ccc4c(O)c(N=Nc5ccc(CO)cc5S(=O)(=O)O)c(SOOO)cc4c3)c(O)c12. The summed E-state index contributed by atoms with van der Waals surface area (Å²) < 4.78 is 119. The van der Waals surface area contributed by atoms with E-state index in [1.165, 1.54) is 42.5 Å². The highest BCUT2D eigenvalue weighted by molar-refractivity contribution is 7.95. The molecule has 1 unspecified atom stereocenters. The van der Waals surface area contributed by atoms with Gasteiger partial charge < -0.3 is 31.4 Å². The van der Waals surface area contributed by atoms with E-state index in [0.29, 0.717) is 12.0 Å². The number of aliphatic hydroxyl groups excluding tert-OH is 1. The van der Waals surface area contributed by atoms with E-state index >= 15 is 0 Å². The summed E-state index contributed by atoms with van der Waals surface area (Å²) >= 11 is 0.798. The number of phenols is 3. The molecule has 8 rings (SSSR count). The molecule has 0 aliphatic carbocycles. The minimum absolute atomic E-state index is 0.0188. The molecule has 434 valence electrons. The summed E-state index contributed by atoms with van der Waals surface area (Å²) in [6, 6.07) is 18.1. The van der Waals surface area contributed by atoms with Crippen LogP contribution in [0, 0.1) is 5.21 Å². The number of nitrogens with one attached hydrogen (secondary N) is 1. The first kappa shape index (κ1) is 61.5.